The van der Waals surface area contributed by atoms with Gasteiger partial charge in [0.25, 0.3) is 5.91 Å². The van der Waals surface area contributed by atoms with Crippen LogP contribution in [0.4, 0.5) is 5.82 Å². The zero-order valence-corrected chi connectivity index (χ0v) is 14.9. The van der Waals surface area contributed by atoms with Gasteiger partial charge in [0.2, 0.25) is 0 Å². The number of ether oxygens (including phenoxy) is 1. The molecule has 2 heterocycles. The molecule has 1 fully saturated rings. The first-order valence-corrected chi connectivity index (χ1v) is 8.65. The summed E-state index contributed by atoms with van der Waals surface area (Å²) in [4.78, 5) is 27.6. The van der Waals surface area contributed by atoms with E-state index >= 15 is 0 Å². The number of aromatic nitrogens is 3. The SMILES string of the molecule is COC(=O)c1c(C)[nH]c(C(=O)Nc2ccnn2C2CCCCC2)c1C. The van der Waals surface area contributed by atoms with E-state index in [1.165, 1.54) is 26.4 Å². The van der Waals surface area contributed by atoms with Crippen LogP contribution in [0.2, 0.25) is 0 Å². The van der Waals surface area contributed by atoms with Crippen LogP contribution in [-0.4, -0.2) is 33.8 Å². The van der Waals surface area contributed by atoms with Crippen LogP contribution < -0.4 is 5.32 Å². The average Bonchev–Trinajstić information content (AvgIpc) is 3.19. The summed E-state index contributed by atoms with van der Waals surface area (Å²) in [6.45, 7) is 3.49. The number of H-pyrrole nitrogens is 1. The average molecular weight is 344 g/mol. The van der Waals surface area contributed by atoms with Crippen molar-refractivity contribution < 1.29 is 14.3 Å². The maximum absolute atomic E-state index is 12.7. The molecule has 3 rings (SSSR count). The van der Waals surface area contributed by atoms with Gasteiger partial charge in [-0.15, -0.1) is 0 Å². The number of nitrogens with one attached hydrogen (secondary N) is 2. The van der Waals surface area contributed by atoms with Gasteiger partial charge in [-0.2, -0.15) is 5.10 Å². The van der Waals surface area contributed by atoms with E-state index in [9.17, 15) is 9.59 Å². The zero-order valence-electron chi connectivity index (χ0n) is 14.9. The second-order valence-corrected chi connectivity index (χ2v) is 6.52. The monoisotopic (exact) mass is 344 g/mol. The molecule has 7 nitrogen and oxygen atoms in total. The Kier molecular flexibility index (Phi) is 4.92. The van der Waals surface area contributed by atoms with Gasteiger partial charge >= 0.3 is 5.97 Å². The number of anilines is 1. The minimum atomic E-state index is -0.447. The van der Waals surface area contributed by atoms with Crippen LogP contribution in [0.3, 0.4) is 0 Å². The lowest BCUT2D eigenvalue weighted by Gasteiger charge is -2.23. The minimum absolute atomic E-state index is 0.284. The van der Waals surface area contributed by atoms with Crippen molar-refractivity contribution in [3.63, 3.8) is 0 Å². The molecule has 0 aliphatic heterocycles. The molecule has 134 valence electrons. The van der Waals surface area contributed by atoms with Gasteiger partial charge in [0, 0.05) is 11.8 Å². The summed E-state index contributed by atoms with van der Waals surface area (Å²) in [7, 11) is 1.33. The number of carbonyl (C=O) groups is 2. The van der Waals surface area contributed by atoms with Gasteiger partial charge < -0.3 is 15.0 Å². The lowest BCUT2D eigenvalue weighted by molar-refractivity contribution is 0.0599. The lowest BCUT2D eigenvalue weighted by Crippen LogP contribution is -2.21. The highest BCUT2D eigenvalue weighted by Gasteiger charge is 2.24. The van der Waals surface area contributed by atoms with Crippen LogP contribution in [0.5, 0.6) is 0 Å². The molecule has 0 spiro atoms. The largest absolute Gasteiger partial charge is 0.465 e. The maximum atomic E-state index is 12.7. The van der Waals surface area contributed by atoms with Crippen molar-refractivity contribution in [2.24, 2.45) is 0 Å². The van der Waals surface area contributed by atoms with Crippen LogP contribution >= 0.6 is 0 Å². The van der Waals surface area contributed by atoms with Gasteiger partial charge in [-0.3, -0.25) is 4.79 Å². The molecule has 2 N–H and O–H groups in total. The third kappa shape index (κ3) is 3.31. The fourth-order valence-corrected chi connectivity index (χ4v) is 3.59. The van der Waals surface area contributed by atoms with E-state index in [0.29, 0.717) is 34.4 Å². The molecule has 0 bridgehead atoms. The number of aryl methyl sites for hydroxylation is 1. The van der Waals surface area contributed by atoms with Crippen molar-refractivity contribution in [1.29, 1.82) is 0 Å². The highest BCUT2D eigenvalue weighted by atomic mass is 16.5. The highest BCUT2D eigenvalue weighted by Crippen LogP contribution is 2.30. The summed E-state index contributed by atoms with van der Waals surface area (Å²) in [5.41, 5.74) is 1.99. The second-order valence-electron chi connectivity index (χ2n) is 6.52. The molecule has 1 amide bonds. The number of carbonyl (C=O) groups excluding carboxylic acids is 2. The predicted molar refractivity (Wildman–Crippen MR) is 93.9 cm³/mol. The summed E-state index contributed by atoms with van der Waals surface area (Å²) in [6.07, 6.45) is 7.51. The molecule has 1 saturated carbocycles. The van der Waals surface area contributed by atoms with E-state index < -0.39 is 5.97 Å². The maximum Gasteiger partial charge on any atom is 0.339 e. The smallest absolute Gasteiger partial charge is 0.339 e. The number of amides is 1. The van der Waals surface area contributed by atoms with E-state index in [1.54, 1.807) is 26.1 Å². The topological polar surface area (TPSA) is 89.0 Å². The predicted octanol–water partition coefficient (Wildman–Crippen LogP) is 3.37. The molecule has 25 heavy (non-hydrogen) atoms. The second kappa shape index (κ2) is 7.13. The summed E-state index contributed by atoms with van der Waals surface area (Å²) >= 11 is 0. The molecule has 0 unspecified atom stereocenters. The van der Waals surface area contributed by atoms with Crippen molar-refractivity contribution >= 4 is 17.7 Å². The van der Waals surface area contributed by atoms with E-state index in [2.05, 4.69) is 15.4 Å². The van der Waals surface area contributed by atoms with Crippen molar-refractivity contribution in [3.05, 3.63) is 34.8 Å². The molecule has 0 saturated heterocycles. The number of hydrogen-bond acceptors (Lipinski definition) is 4. The van der Waals surface area contributed by atoms with E-state index in [4.69, 9.17) is 4.74 Å². The Morgan fingerprint density at radius 1 is 1.28 bits per heavy atom. The summed E-state index contributed by atoms with van der Waals surface area (Å²) in [5.74, 6) is -0.0472. The normalized spacial score (nSPS) is 15.2. The Hall–Kier alpha value is -2.57. The van der Waals surface area contributed by atoms with Gasteiger partial charge in [-0.25, -0.2) is 9.48 Å². The number of esters is 1. The van der Waals surface area contributed by atoms with Gasteiger partial charge in [-0.1, -0.05) is 19.3 Å². The van der Waals surface area contributed by atoms with Crippen molar-refractivity contribution in [2.75, 3.05) is 12.4 Å². The first kappa shape index (κ1) is 17.3. The zero-order chi connectivity index (χ0) is 18.0. The number of hydrogen-bond donors (Lipinski definition) is 2. The molecule has 0 aromatic carbocycles. The van der Waals surface area contributed by atoms with Crippen LogP contribution in [0, 0.1) is 13.8 Å². The molecular formula is C18H24N4O3. The van der Waals surface area contributed by atoms with Crippen molar-refractivity contribution in [2.45, 2.75) is 52.0 Å². The number of aromatic amines is 1. The summed E-state index contributed by atoms with van der Waals surface area (Å²) < 4.78 is 6.70. The van der Waals surface area contributed by atoms with Crippen molar-refractivity contribution in [1.82, 2.24) is 14.8 Å². The molecule has 1 aliphatic carbocycles. The molecule has 2 aromatic rings. The van der Waals surface area contributed by atoms with Crippen LogP contribution in [0.25, 0.3) is 0 Å². The molecule has 0 atom stereocenters. The highest BCUT2D eigenvalue weighted by molar-refractivity contribution is 6.06. The standard InChI is InChI=1S/C18H24N4O3/c1-11-15(18(24)25-3)12(2)20-16(11)17(23)21-14-9-10-19-22(14)13-7-5-4-6-8-13/h9-10,13,20H,4-8H2,1-3H3,(H,21,23). The Morgan fingerprint density at radius 3 is 2.68 bits per heavy atom. The first-order chi connectivity index (χ1) is 12.0. The van der Waals surface area contributed by atoms with Gasteiger partial charge in [0.1, 0.15) is 11.5 Å². The lowest BCUT2D eigenvalue weighted by atomic mass is 9.96. The third-order valence-electron chi connectivity index (χ3n) is 4.89. The van der Waals surface area contributed by atoms with Crippen LogP contribution in [0.1, 0.15) is 70.2 Å². The Morgan fingerprint density at radius 2 is 2.00 bits per heavy atom. The van der Waals surface area contributed by atoms with Gasteiger partial charge in [0.05, 0.1) is 24.9 Å². The number of nitrogens with zero attached hydrogens (tertiary/aromatic N) is 2. The third-order valence-corrected chi connectivity index (χ3v) is 4.89. The Balaban J connectivity index is 1.82. The van der Waals surface area contributed by atoms with Gasteiger partial charge in [-0.05, 0) is 32.3 Å². The first-order valence-electron chi connectivity index (χ1n) is 8.65. The van der Waals surface area contributed by atoms with E-state index in [-0.39, 0.29) is 5.91 Å². The van der Waals surface area contributed by atoms with Crippen molar-refractivity contribution in [3.8, 4) is 0 Å². The van der Waals surface area contributed by atoms with E-state index in [0.717, 1.165) is 12.8 Å². The van der Waals surface area contributed by atoms with E-state index in [1.807, 2.05) is 4.68 Å². The van der Waals surface area contributed by atoms with Crippen LogP contribution in [0.15, 0.2) is 12.3 Å². The number of methoxy groups -OCH3 is 1. The fraction of sp³-hybridized carbons (Fsp3) is 0.500. The number of rotatable bonds is 4. The fourth-order valence-electron chi connectivity index (χ4n) is 3.59. The Bertz CT molecular complexity index is 784. The Labute approximate surface area is 146 Å². The molecule has 1 aliphatic rings. The van der Waals surface area contributed by atoms with Crippen LogP contribution in [-0.2, 0) is 4.74 Å². The quantitative estimate of drug-likeness (QED) is 0.832. The van der Waals surface area contributed by atoms with Gasteiger partial charge in [0.15, 0.2) is 0 Å². The summed E-state index contributed by atoms with van der Waals surface area (Å²) in [5, 5.41) is 7.31. The molecule has 7 heteroatoms. The molecular weight excluding hydrogens is 320 g/mol. The molecule has 0 radical (unpaired) electrons. The minimum Gasteiger partial charge on any atom is -0.465 e. The molecule has 2 aromatic heterocycles. The summed E-state index contributed by atoms with van der Waals surface area (Å²) in [6, 6.07) is 2.13.